The van der Waals surface area contributed by atoms with Crippen LogP contribution in [0.4, 0.5) is 0 Å². The highest BCUT2D eigenvalue weighted by atomic mass is 35.5. The molecule has 1 spiro atoms. The molecule has 2 fully saturated rings. The molecule has 0 radical (unpaired) electrons. The molecule has 158 valence electrons. The minimum Gasteiger partial charge on any atom is -0.490 e. The Morgan fingerprint density at radius 3 is 2.47 bits per heavy atom. The Morgan fingerprint density at radius 1 is 1.23 bits per heavy atom. The molecule has 1 unspecified atom stereocenters. The van der Waals surface area contributed by atoms with Crippen molar-refractivity contribution in [2.75, 3.05) is 20.1 Å². The number of nitriles is 1. The van der Waals surface area contributed by atoms with E-state index < -0.39 is 0 Å². The first kappa shape index (κ1) is 22.3. The maximum absolute atomic E-state index is 10.3. The topological polar surface area (TPSA) is 53.3 Å². The minimum atomic E-state index is 0.285. The van der Waals surface area contributed by atoms with Gasteiger partial charge < -0.3 is 9.64 Å². The predicted octanol–water partition coefficient (Wildman–Crippen LogP) is 5.70. The summed E-state index contributed by atoms with van der Waals surface area (Å²) in [6.45, 7) is 6.48. The largest absolute Gasteiger partial charge is 0.490 e. The van der Waals surface area contributed by atoms with Crippen molar-refractivity contribution < 1.29 is 9.53 Å². The van der Waals surface area contributed by atoms with Gasteiger partial charge in [0.15, 0.2) is 0 Å². The van der Waals surface area contributed by atoms with Gasteiger partial charge in [0.2, 0.25) is 0 Å². The van der Waals surface area contributed by atoms with Gasteiger partial charge in [-0.15, -0.1) is 0 Å². The number of carbonyl (C=O) groups is 1. The van der Waals surface area contributed by atoms with Crippen LogP contribution in [0.15, 0.2) is 42.5 Å². The van der Waals surface area contributed by atoms with Crippen LogP contribution >= 0.6 is 11.6 Å². The van der Waals surface area contributed by atoms with E-state index in [1.807, 2.05) is 30.3 Å². The number of carbonyl (C=O) groups excluding carboxylic acids is 1. The lowest BCUT2D eigenvalue weighted by Gasteiger charge is -2.37. The Hall–Kier alpha value is -2.35. The van der Waals surface area contributed by atoms with Gasteiger partial charge in [0.25, 0.3) is 0 Å². The van der Waals surface area contributed by atoms with Crippen LogP contribution in [0.2, 0.25) is 5.02 Å². The molecule has 2 aromatic rings. The number of likely N-dealkylation sites (tertiary alicyclic amines) is 1. The van der Waals surface area contributed by atoms with E-state index in [9.17, 15) is 4.79 Å². The molecule has 2 aromatic carbocycles. The number of benzene rings is 2. The fourth-order valence-electron chi connectivity index (χ4n) is 3.97. The Kier molecular flexibility index (Phi) is 7.18. The molecule has 0 amide bonds. The predicted molar refractivity (Wildman–Crippen MR) is 120 cm³/mol. The van der Waals surface area contributed by atoms with Crippen LogP contribution in [0, 0.1) is 16.7 Å². The second-order valence-corrected chi connectivity index (χ2v) is 9.10. The molecule has 0 bridgehead atoms. The monoisotopic (exact) mass is 424 g/mol. The van der Waals surface area contributed by atoms with Gasteiger partial charge in [-0.05, 0) is 49.9 Å². The Morgan fingerprint density at radius 2 is 1.93 bits per heavy atom. The van der Waals surface area contributed by atoms with Crippen LogP contribution in [0.1, 0.15) is 60.5 Å². The van der Waals surface area contributed by atoms with Gasteiger partial charge in [-0.1, -0.05) is 49.7 Å². The molecule has 1 heterocycles. The second kappa shape index (κ2) is 9.64. The van der Waals surface area contributed by atoms with Crippen LogP contribution in [-0.2, 0) is 0 Å². The summed E-state index contributed by atoms with van der Waals surface area (Å²) in [5, 5.41) is 9.34. The second-order valence-electron chi connectivity index (χ2n) is 8.69. The summed E-state index contributed by atoms with van der Waals surface area (Å²) in [6, 6.07) is 15.1. The quantitative estimate of drug-likeness (QED) is 0.591. The van der Waals surface area contributed by atoms with Crippen molar-refractivity contribution in [1.82, 2.24) is 4.90 Å². The summed E-state index contributed by atoms with van der Waals surface area (Å²) in [4.78, 5) is 12.7. The summed E-state index contributed by atoms with van der Waals surface area (Å²) in [6.07, 6.45) is 4.73. The summed E-state index contributed by atoms with van der Waals surface area (Å²) in [5.74, 6) is 1.32. The Bertz CT molecular complexity index is 914. The van der Waals surface area contributed by atoms with Gasteiger partial charge in [-0.2, -0.15) is 5.26 Å². The first-order chi connectivity index (χ1) is 14.4. The molecule has 1 aliphatic heterocycles. The van der Waals surface area contributed by atoms with E-state index >= 15 is 0 Å². The van der Waals surface area contributed by atoms with Crippen molar-refractivity contribution in [3.05, 3.63) is 64.2 Å². The van der Waals surface area contributed by atoms with Gasteiger partial charge in [-0.3, -0.25) is 4.79 Å². The lowest BCUT2D eigenvalue weighted by Crippen LogP contribution is -2.45. The average molecular weight is 425 g/mol. The first-order valence-electron chi connectivity index (χ1n) is 10.5. The van der Waals surface area contributed by atoms with E-state index in [1.165, 1.54) is 18.4 Å². The van der Waals surface area contributed by atoms with Gasteiger partial charge in [-0.25, -0.2) is 0 Å². The number of rotatable bonds is 4. The average Bonchev–Trinajstić information content (AvgIpc) is 3.50. The first-order valence-corrected chi connectivity index (χ1v) is 10.8. The summed E-state index contributed by atoms with van der Waals surface area (Å²) in [5.41, 5.74) is 2.87. The van der Waals surface area contributed by atoms with Gasteiger partial charge in [0.1, 0.15) is 24.2 Å². The fourth-order valence-corrected chi connectivity index (χ4v) is 4.18. The molecule has 0 aromatic heterocycles. The molecule has 1 aliphatic carbocycles. The number of nitrogens with zero attached hydrogens (tertiary/aromatic N) is 2. The summed E-state index contributed by atoms with van der Waals surface area (Å²) in [7, 11) is 2.18. The van der Waals surface area contributed by atoms with Crippen LogP contribution in [0.3, 0.4) is 0 Å². The van der Waals surface area contributed by atoms with Crippen LogP contribution < -0.4 is 4.74 Å². The van der Waals surface area contributed by atoms with E-state index in [1.54, 1.807) is 12.1 Å². The third kappa shape index (κ3) is 5.41. The molecule has 0 N–H and O–H groups in total. The zero-order valence-electron chi connectivity index (χ0n) is 17.9. The van der Waals surface area contributed by atoms with Crippen molar-refractivity contribution in [2.45, 2.75) is 45.1 Å². The molecule has 4 rings (SSSR count). The Labute approximate surface area is 184 Å². The number of piperidine rings is 1. The maximum Gasteiger partial charge on any atom is 0.150 e. The van der Waals surface area contributed by atoms with Crippen LogP contribution in [0.25, 0.3) is 0 Å². The van der Waals surface area contributed by atoms with Crippen molar-refractivity contribution in [2.24, 2.45) is 5.41 Å². The van der Waals surface area contributed by atoms with Gasteiger partial charge in [0.05, 0.1) is 10.6 Å². The van der Waals surface area contributed by atoms with E-state index in [2.05, 4.69) is 31.9 Å². The molecule has 1 saturated carbocycles. The van der Waals surface area contributed by atoms with E-state index in [0.717, 1.165) is 37.1 Å². The zero-order valence-corrected chi connectivity index (χ0v) is 18.7. The van der Waals surface area contributed by atoms with Gasteiger partial charge >= 0.3 is 0 Å². The molecule has 2 aliphatic rings. The number of ether oxygens (including phenoxy) is 1. The number of hydrogen-bond donors (Lipinski definition) is 0. The lowest BCUT2D eigenvalue weighted by atomic mass is 9.91. The van der Waals surface area contributed by atoms with Crippen molar-refractivity contribution >= 4 is 17.9 Å². The third-order valence-electron chi connectivity index (χ3n) is 6.01. The molecule has 4 nitrogen and oxygen atoms in total. The van der Waals surface area contributed by atoms with Crippen molar-refractivity contribution in [3.63, 3.8) is 0 Å². The van der Waals surface area contributed by atoms with Crippen molar-refractivity contribution in [1.29, 1.82) is 5.26 Å². The minimum absolute atomic E-state index is 0.285. The van der Waals surface area contributed by atoms with Gasteiger partial charge in [0, 0.05) is 30.1 Å². The molecular weight excluding hydrogens is 396 g/mol. The van der Waals surface area contributed by atoms with E-state index in [4.69, 9.17) is 21.6 Å². The highest BCUT2D eigenvalue weighted by Gasteiger charge is 2.53. The highest BCUT2D eigenvalue weighted by molar-refractivity contribution is 6.31. The number of aldehydes is 1. The molecule has 5 heteroatoms. The van der Waals surface area contributed by atoms with Crippen LogP contribution in [0.5, 0.6) is 5.75 Å². The summed E-state index contributed by atoms with van der Waals surface area (Å²) < 4.78 is 6.14. The molecule has 1 saturated heterocycles. The lowest BCUT2D eigenvalue weighted by molar-refractivity contribution is 0.0399. The smallest absolute Gasteiger partial charge is 0.150 e. The molecule has 30 heavy (non-hydrogen) atoms. The van der Waals surface area contributed by atoms with Crippen molar-refractivity contribution in [3.8, 4) is 11.8 Å². The highest BCUT2D eigenvalue weighted by Crippen LogP contribution is 2.53. The Balaban J connectivity index is 0.000000199. The zero-order chi connectivity index (χ0) is 21.7. The molecule has 1 atom stereocenters. The van der Waals surface area contributed by atoms with E-state index in [0.29, 0.717) is 21.9 Å². The standard InChI is InChI=1S/C15H17ClN2O.C10H12O/c1-18-7-4-14(15(10-18)5-6-15)19-12-3-2-11(9-17)13(16)8-12;1-8(2)10-5-3-9(7-11)4-6-10/h2-3,8,14H,4-7,10H2,1H3;3-8H,1-2H3. The maximum atomic E-state index is 10.3. The van der Waals surface area contributed by atoms with E-state index in [-0.39, 0.29) is 6.10 Å². The molecular formula is C25H29ClN2O2. The SMILES string of the molecule is CC(C)c1ccc(C=O)cc1.CN1CCC(Oc2ccc(C#N)c(Cl)c2)C2(CC2)C1. The van der Waals surface area contributed by atoms with Crippen LogP contribution in [-0.4, -0.2) is 37.4 Å². The third-order valence-corrected chi connectivity index (χ3v) is 6.32. The normalized spacial score (nSPS) is 19.5. The number of hydrogen-bond acceptors (Lipinski definition) is 4. The summed E-state index contributed by atoms with van der Waals surface area (Å²) >= 11 is 6.05. The number of halogens is 1. The fraction of sp³-hybridized carbons (Fsp3) is 0.440.